The highest BCUT2D eigenvalue weighted by Crippen LogP contribution is 2.45. The van der Waals surface area contributed by atoms with E-state index in [2.05, 4.69) is 4.98 Å². The van der Waals surface area contributed by atoms with E-state index in [1.165, 1.54) is 26.4 Å². The molecule has 0 saturated carbocycles. The first-order valence-corrected chi connectivity index (χ1v) is 13.5. The average molecular weight is 598 g/mol. The monoisotopic (exact) mass is 597 g/mol. The smallest absolute Gasteiger partial charge is 0.417 e. The Balaban J connectivity index is 0.00000361. The van der Waals surface area contributed by atoms with Gasteiger partial charge in [-0.1, -0.05) is 6.07 Å². The second-order valence-corrected chi connectivity index (χ2v) is 11.6. The molecule has 0 aliphatic rings. The number of alkyl halides is 3. The average Bonchev–Trinajstić information content (AvgIpc) is 3.32. The molecule has 0 aliphatic carbocycles. The number of nitrogens with one attached hydrogen (secondary N) is 1. The molecule has 0 saturated heterocycles. The first-order valence-electron chi connectivity index (χ1n) is 9.54. The molecule has 208 valence electrons. The Morgan fingerprint density at radius 3 is 2.26 bits per heavy atom. The van der Waals surface area contributed by atoms with E-state index in [4.69, 9.17) is 14.7 Å². The summed E-state index contributed by atoms with van der Waals surface area (Å²) in [5.74, 6) is -1.85. The number of rotatable bonds is 8. The zero-order chi connectivity index (χ0) is 26.9. The molecule has 0 bridgehead atoms. The maximum atomic E-state index is 13.3. The SMILES string of the molecule is COc1ccc(-c2ncc(S(=O)(=O)NC(c3ccc(C#N)c(C(F)(F)F)c3)P(=O)([O-])[O-])s2)cc1OC.[NH4+].[NH4+]. The van der Waals surface area contributed by atoms with Crippen molar-refractivity contribution in [2.24, 2.45) is 0 Å². The van der Waals surface area contributed by atoms with E-state index in [9.17, 15) is 35.9 Å². The minimum atomic E-state index is -5.87. The number of nitriles is 1. The third-order valence-electron chi connectivity index (χ3n) is 4.75. The van der Waals surface area contributed by atoms with Crippen molar-refractivity contribution < 1.29 is 45.4 Å². The standard InChI is InChI=1S/C20H17F3N3O7PS2.2H3N/c1-32-15-6-5-12(8-16(15)33-2)19-25-10-17(35-19)36(30,31)26-18(34(27,28)29)11-3-4-13(9-24)14(7-11)20(21,22)23;;/h3-8,10,18,26H,1-2H3,(H2,27,28,29);2*1H3. The van der Waals surface area contributed by atoms with E-state index in [0.29, 0.717) is 34.5 Å². The number of halogens is 3. The Morgan fingerprint density at radius 2 is 1.74 bits per heavy atom. The molecule has 0 fully saturated rings. The van der Waals surface area contributed by atoms with Crippen molar-refractivity contribution in [3.63, 3.8) is 0 Å². The quantitative estimate of drug-likeness (QED) is 0.322. The summed E-state index contributed by atoms with van der Waals surface area (Å²) in [4.78, 5) is 27.7. The van der Waals surface area contributed by atoms with Gasteiger partial charge in [-0.15, -0.1) is 11.3 Å². The molecule has 1 heterocycles. The second kappa shape index (κ2) is 12.2. The van der Waals surface area contributed by atoms with Crippen molar-refractivity contribution >= 4 is 29.0 Å². The highest BCUT2D eigenvalue weighted by Gasteiger charge is 2.35. The number of aromatic nitrogens is 1. The molecule has 1 aromatic heterocycles. The van der Waals surface area contributed by atoms with Gasteiger partial charge in [-0.2, -0.15) is 23.2 Å². The summed E-state index contributed by atoms with van der Waals surface area (Å²) in [6.45, 7) is 0. The normalized spacial score (nSPS) is 12.5. The van der Waals surface area contributed by atoms with Crippen LogP contribution in [0.2, 0.25) is 0 Å². The summed E-state index contributed by atoms with van der Waals surface area (Å²) >= 11 is 0.612. The zero-order valence-corrected chi connectivity index (χ0v) is 22.8. The van der Waals surface area contributed by atoms with Crippen molar-refractivity contribution in [3.05, 3.63) is 59.3 Å². The molecule has 9 N–H and O–H groups in total. The number of nitrogens with zero attached hydrogens (tertiary/aromatic N) is 2. The molecule has 0 aliphatic heterocycles. The van der Waals surface area contributed by atoms with Gasteiger partial charge in [-0.25, -0.2) is 13.4 Å². The van der Waals surface area contributed by atoms with Crippen LogP contribution in [0, 0.1) is 11.3 Å². The predicted octanol–water partition coefficient (Wildman–Crippen LogP) is 3.36. The Labute approximate surface area is 219 Å². The van der Waals surface area contributed by atoms with Gasteiger partial charge in [0.15, 0.2) is 15.7 Å². The Morgan fingerprint density at radius 1 is 1.11 bits per heavy atom. The number of thiazole rings is 1. The van der Waals surface area contributed by atoms with Crippen LogP contribution in [0.1, 0.15) is 22.5 Å². The van der Waals surface area contributed by atoms with E-state index in [1.807, 2.05) is 0 Å². The van der Waals surface area contributed by atoms with Crippen LogP contribution in [0.25, 0.3) is 10.6 Å². The minimum Gasteiger partial charge on any atom is -0.809 e. The summed E-state index contributed by atoms with van der Waals surface area (Å²) in [5, 5.41) is 9.08. The van der Waals surface area contributed by atoms with Gasteiger partial charge in [0.2, 0.25) is 0 Å². The van der Waals surface area contributed by atoms with E-state index in [-0.39, 0.29) is 23.4 Å². The molecule has 3 rings (SSSR count). The van der Waals surface area contributed by atoms with Crippen molar-refractivity contribution in [2.75, 3.05) is 14.2 Å². The van der Waals surface area contributed by atoms with Crippen molar-refractivity contribution in [1.29, 1.82) is 5.26 Å². The molecule has 0 spiro atoms. The van der Waals surface area contributed by atoms with Gasteiger partial charge >= 0.3 is 6.18 Å². The van der Waals surface area contributed by atoms with Gasteiger partial charge < -0.3 is 36.1 Å². The number of sulfonamides is 1. The number of ether oxygens (including phenoxy) is 2. The molecule has 0 amide bonds. The maximum Gasteiger partial charge on any atom is 0.417 e. The van der Waals surface area contributed by atoms with Crippen LogP contribution in [0.4, 0.5) is 13.2 Å². The number of quaternary nitrogens is 2. The molecule has 1 atom stereocenters. The van der Waals surface area contributed by atoms with E-state index in [0.717, 1.165) is 12.3 Å². The lowest BCUT2D eigenvalue weighted by Crippen LogP contribution is -2.35. The Hall–Kier alpha value is -3.07. The van der Waals surface area contributed by atoms with Gasteiger partial charge in [0.05, 0.1) is 43.4 Å². The lowest BCUT2D eigenvalue weighted by atomic mass is 10.0. The Bertz CT molecular complexity index is 1490. The summed E-state index contributed by atoms with van der Waals surface area (Å²) in [6, 6.07) is 7.58. The number of methoxy groups -OCH3 is 2. The van der Waals surface area contributed by atoms with Crippen LogP contribution in [0.3, 0.4) is 0 Å². The van der Waals surface area contributed by atoms with Crippen LogP contribution in [0.15, 0.2) is 46.8 Å². The molecular formula is C20H23F3N5O7PS2. The largest absolute Gasteiger partial charge is 0.809 e. The number of hydrogen-bond donors (Lipinski definition) is 3. The van der Waals surface area contributed by atoms with Crippen LogP contribution in [0.5, 0.6) is 11.5 Å². The summed E-state index contributed by atoms with van der Waals surface area (Å²) in [6.07, 6.45) is -4.16. The first kappa shape index (κ1) is 33.0. The minimum absolute atomic E-state index is 0. The van der Waals surface area contributed by atoms with Crippen molar-refractivity contribution in [2.45, 2.75) is 16.2 Å². The number of benzene rings is 2. The fourth-order valence-corrected chi connectivity index (χ4v) is 6.73. The van der Waals surface area contributed by atoms with Gasteiger partial charge in [0.1, 0.15) is 5.01 Å². The third-order valence-corrected chi connectivity index (χ3v) is 8.91. The van der Waals surface area contributed by atoms with Crippen LogP contribution in [-0.2, 0) is 20.8 Å². The third kappa shape index (κ3) is 7.07. The zero-order valence-electron chi connectivity index (χ0n) is 20.3. The second-order valence-electron chi connectivity index (χ2n) is 7.03. The fraction of sp³-hybridized carbons (Fsp3) is 0.200. The Kier molecular flexibility index (Phi) is 10.6. The first-order chi connectivity index (χ1) is 16.7. The lowest BCUT2D eigenvalue weighted by molar-refractivity contribution is -0.317. The topological polar surface area (TPSA) is 237 Å². The van der Waals surface area contributed by atoms with Crippen molar-refractivity contribution in [1.82, 2.24) is 22.0 Å². The highest BCUT2D eigenvalue weighted by molar-refractivity contribution is 7.91. The van der Waals surface area contributed by atoms with Crippen LogP contribution >= 0.6 is 18.9 Å². The maximum absolute atomic E-state index is 13.3. The molecule has 2 aromatic carbocycles. The van der Waals surface area contributed by atoms with E-state index < -0.39 is 50.5 Å². The van der Waals surface area contributed by atoms with Gasteiger partial charge in [0.25, 0.3) is 10.0 Å². The van der Waals surface area contributed by atoms with Gasteiger partial charge in [0, 0.05) is 5.56 Å². The molecule has 1 unspecified atom stereocenters. The molecule has 18 heteroatoms. The van der Waals surface area contributed by atoms with E-state index >= 15 is 0 Å². The molecular weight excluding hydrogens is 574 g/mol. The van der Waals surface area contributed by atoms with Crippen LogP contribution in [-0.4, -0.2) is 27.6 Å². The molecule has 3 aromatic rings. The summed E-state index contributed by atoms with van der Waals surface area (Å²) < 4.78 is 89.0. The molecule has 12 nitrogen and oxygen atoms in total. The van der Waals surface area contributed by atoms with Gasteiger partial charge in [-0.05, 0) is 43.5 Å². The van der Waals surface area contributed by atoms with Crippen LogP contribution < -0.4 is 36.3 Å². The number of hydrogen-bond acceptors (Lipinski definition) is 10. The van der Waals surface area contributed by atoms with Gasteiger partial charge in [-0.3, -0.25) is 0 Å². The lowest BCUT2D eigenvalue weighted by Gasteiger charge is -2.38. The molecule has 38 heavy (non-hydrogen) atoms. The van der Waals surface area contributed by atoms with Crippen molar-refractivity contribution in [3.8, 4) is 28.1 Å². The summed E-state index contributed by atoms with van der Waals surface area (Å²) in [5.41, 5.74) is -2.73. The van der Waals surface area contributed by atoms with E-state index in [1.54, 1.807) is 16.9 Å². The summed E-state index contributed by atoms with van der Waals surface area (Å²) in [7, 11) is -7.80. The fourth-order valence-electron chi connectivity index (χ4n) is 3.07. The predicted molar refractivity (Wildman–Crippen MR) is 129 cm³/mol. The highest BCUT2D eigenvalue weighted by atomic mass is 32.2. The molecule has 0 radical (unpaired) electrons.